The van der Waals surface area contributed by atoms with E-state index in [1.807, 2.05) is 0 Å². The number of nitrogens with zero attached hydrogens (tertiary/aromatic N) is 2. The van der Waals surface area contributed by atoms with Crippen molar-refractivity contribution in [2.75, 3.05) is 6.26 Å². The van der Waals surface area contributed by atoms with Crippen molar-refractivity contribution in [3.8, 4) is 5.69 Å². The molecule has 1 aromatic heterocycles. The summed E-state index contributed by atoms with van der Waals surface area (Å²) < 4.78 is 63.5. The number of hydrogen-bond acceptors (Lipinski definition) is 4. The summed E-state index contributed by atoms with van der Waals surface area (Å²) in [7, 11) is -5.10. The van der Waals surface area contributed by atoms with Crippen LogP contribution < -0.4 is 0 Å². The maximum atomic E-state index is 13.3. The Balaban J connectivity index is 2.93. The van der Waals surface area contributed by atoms with Crippen LogP contribution in [0.25, 0.3) is 5.69 Å². The van der Waals surface area contributed by atoms with Gasteiger partial charge in [0.25, 0.3) is 9.84 Å². The molecule has 0 unspecified atom stereocenters. The second-order valence-corrected chi connectivity index (χ2v) is 7.83. The summed E-state index contributed by atoms with van der Waals surface area (Å²) in [6.07, 6.45) is 1.52. The zero-order valence-electron chi connectivity index (χ0n) is 11.0. The fourth-order valence-corrected chi connectivity index (χ4v) is 4.28. The minimum absolute atomic E-state index is 0.0151. The van der Waals surface area contributed by atoms with E-state index in [2.05, 4.69) is 4.98 Å². The zero-order chi connectivity index (χ0) is 17.5. The summed E-state index contributed by atoms with van der Waals surface area (Å²) >= 11 is 18.6. The maximum Gasteiger partial charge on any atom is 0.344 e. The molecule has 0 N–H and O–H groups in total. The van der Waals surface area contributed by atoms with E-state index in [1.54, 1.807) is 0 Å². The van der Waals surface area contributed by atoms with Crippen LogP contribution in [0.3, 0.4) is 0 Å². The molecule has 126 valence electrons. The highest BCUT2D eigenvalue weighted by molar-refractivity contribution is 7.98. The summed E-state index contributed by atoms with van der Waals surface area (Å²) in [5.74, 6) is -4.51. The van der Waals surface area contributed by atoms with Gasteiger partial charge in [0.2, 0.25) is 5.16 Å². The first-order chi connectivity index (χ1) is 10.6. The highest BCUT2D eigenvalue weighted by Crippen LogP contribution is 2.39. The first kappa shape index (κ1) is 18.7. The fraction of sp³-hybridized carbons (Fsp3) is 0.182. The van der Waals surface area contributed by atoms with Crippen molar-refractivity contribution in [1.29, 1.82) is 0 Å². The molecule has 0 aliphatic heterocycles. The molecule has 0 bridgehead atoms. The third-order valence-corrected chi connectivity index (χ3v) is 5.62. The predicted molar refractivity (Wildman–Crippen MR) is 83.5 cm³/mol. The Labute approximate surface area is 148 Å². The van der Waals surface area contributed by atoms with Gasteiger partial charge in [-0.2, -0.15) is 8.78 Å². The van der Waals surface area contributed by atoms with E-state index in [9.17, 15) is 21.6 Å². The van der Waals surface area contributed by atoms with E-state index in [1.165, 1.54) is 6.26 Å². The number of halogens is 6. The molecule has 12 heteroatoms. The Morgan fingerprint density at radius 2 is 1.74 bits per heavy atom. The number of aromatic nitrogens is 2. The van der Waals surface area contributed by atoms with Gasteiger partial charge in [-0.15, -0.1) is 11.8 Å². The van der Waals surface area contributed by atoms with Crippen molar-refractivity contribution >= 4 is 56.4 Å². The summed E-state index contributed by atoms with van der Waals surface area (Å²) in [5.41, 5.74) is -0.210. The van der Waals surface area contributed by atoms with Crippen LogP contribution in [0.5, 0.6) is 0 Å². The van der Waals surface area contributed by atoms with Gasteiger partial charge in [-0.05, 0) is 18.4 Å². The molecule has 4 nitrogen and oxygen atoms in total. The lowest BCUT2D eigenvalue weighted by molar-refractivity contribution is 0.233. The Bertz CT molecular complexity index is 849. The Morgan fingerprint density at radius 1 is 1.22 bits per heavy atom. The number of hydrogen-bond donors (Lipinski definition) is 0. The van der Waals surface area contributed by atoms with Crippen molar-refractivity contribution in [2.45, 2.75) is 15.9 Å². The molecule has 0 spiro atoms. The molecule has 0 aliphatic carbocycles. The van der Waals surface area contributed by atoms with E-state index in [-0.39, 0.29) is 25.9 Å². The number of benzene rings is 1. The van der Waals surface area contributed by atoms with E-state index in [0.29, 0.717) is 0 Å². The van der Waals surface area contributed by atoms with E-state index in [4.69, 9.17) is 34.8 Å². The molecule has 0 amide bonds. The van der Waals surface area contributed by atoms with Gasteiger partial charge >= 0.3 is 5.76 Å². The first-order valence-corrected chi connectivity index (χ1v) is 9.51. The highest BCUT2D eigenvalue weighted by Gasteiger charge is 2.35. The monoisotopic (exact) mass is 424 g/mol. The number of imidazole rings is 1. The van der Waals surface area contributed by atoms with Gasteiger partial charge in [0, 0.05) is 0 Å². The molecule has 0 radical (unpaired) electrons. The van der Waals surface area contributed by atoms with Crippen LogP contribution in [0.15, 0.2) is 22.3 Å². The van der Waals surface area contributed by atoms with Crippen LogP contribution in [0.2, 0.25) is 15.2 Å². The molecular formula is C11H6Cl3F3N2O2S2. The molecule has 0 saturated heterocycles. The zero-order valence-corrected chi connectivity index (χ0v) is 14.9. The van der Waals surface area contributed by atoms with Crippen molar-refractivity contribution in [2.24, 2.45) is 0 Å². The van der Waals surface area contributed by atoms with Crippen molar-refractivity contribution in [1.82, 2.24) is 9.55 Å². The van der Waals surface area contributed by atoms with E-state index in [0.717, 1.165) is 28.5 Å². The van der Waals surface area contributed by atoms with Crippen LogP contribution >= 0.6 is 46.6 Å². The average molecular weight is 426 g/mol. The molecule has 0 aliphatic rings. The second-order valence-electron chi connectivity index (χ2n) is 4.05. The largest absolute Gasteiger partial charge is 0.344 e. The molecule has 0 fully saturated rings. The Hall–Kier alpha value is -0.610. The molecule has 2 rings (SSSR count). The summed E-state index contributed by atoms with van der Waals surface area (Å²) in [6.45, 7) is 0. The lowest BCUT2D eigenvalue weighted by Crippen LogP contribution is -2.17. The van der Waals surface area contributed by atoms with E-state index < -0.39 is 26.6 Å². The molecule has 23 heavy (non-hydrogen) atoms. The smallest absolute Gasteiger partial charge is 0.273 e. The number of alkyl halides is 2. The first-order valence-electron chi connectivity index (χ1n) is 5.60. The van der Waals surface area contributed by atoms with Gasteiger partial charge in [0.15, 0.2) is 5.15 Å². The van der Waals surface area contributed by atoms with Crippen LogP contribution in [-0.2, 0) is 9.84 Å². The van der Waals surface area contributed by atoms with Crippen LogP contribution in [-0.4, -0.2) is 30.0 Å². The molecule has 0 atom stereocenters. The molecular weight excluding hydrogens is 420 g/mol. The van der Waals surface area contributed by atoms with E-state index >= 15 is 0 Å². The standard InChI is InChI=1S/C11H6Cl3F3N2O2S2/c1-22-9-8(14)18-11(23(20,21)10(16)17)19(9)7-5(12)2-4(15)3-6(7)13/h2-3,10H,1H3. The van der Waals surface area contributed by atoms with Crippen LogP contribution in [0.4, 0.5) is 13.2 Å². The van der Waals surface area contributed by atoms with Gasteiger partial charge in [0.1, 0.15) is 10.8 Å². The summed E-state index contributed by atoms with van der Waals surface area (Å²) in [4.78, 5) is 3.48. The molecule has 1 heterocycles. The normalized spacial score (nSPS) is 12.2. The third-order valence-electron chi connectivity index (χ3n) is 2.65. The summed E-state index contributed by atoms with van der Waals surface area (Å²) in [5, 5.41) is -1.91. The third kappa shape index (κ3) is 3.30. The summed E-state index contributed by atoms with van der Waals surface area (Å²) in [6, 6.07) is 1.72. The Morgan fingerprint density at radius 3 is 2.17 bits per heavy atom. The minimum atomic E-state index is -5.10. The topological polar surface area (TPSA) is 52.0 Å². The number of thioether (sulfide) groups is 1. The highest BCUT2D eigenvalue weighted by atomic mass is 35.5. The van der Waals surface area contributed by atoms with Gasteiger partial charge in [0.05, 0.1) is 15.7 Å². The van der Waals surface area contributed by atoms with Crippen LogP contribution in [0.1, 0.15) is 0 Å². The van der Waals surface area contributed by atoms with Gasteiger partial charge in [-0.3, -0.25) is 4.57 Å². The predicted octanol–water partition coefficient (Wildman–Crippen LogP) is 4.69. The van der Waals surface area contributed by atoms with Gasteiger partial charge < -0.3 is 0 Å². The fourth-order valence-electron chi connectivity index (χ4n) is 1.75. The quantitative estimate of drug-likeness (QED) is 0.667. The lowest BCUT2D eigenvalue weighted by Gasteiger charge is -2.14. The number of rotatable bonds is 4. The van der Waals surface area contributed by atoms with Crippen LogP contribution in [0, 0.1) is 5.82 Å². The average Bonchev–Trinajstić information content (AvgIpc) is 2.74. The van der Waals surface area contributed by atoms with Crippen molar-refractivity contribution in [3.05, 3.63) is 33.1 Å². The second kappa shape index (κ2) is 6.72. The van der Waals surface area contributed by atoms with Crippen molar-refractivity contribution < 1.29 is 21.6 Å². The maximum absolute atomic E-state index is 13.3. The Kier molecular flexibility index (Phi) is 5.47. The van der Waals surface area contributed by atoms with Gasteiger partial charge in [-0.1, -0.05) is 34.8 Å². The SMILES string of the molecule is CSc1c(Cl)nc(S(=O)(=O)C(F)F)n1-c1c(Cl)cc(F)cc1Cl. The number of sulfone groups is 1. The molecule has 2 aromatic rings. The van der Waals surface area contributed by atoms with Gasteiger partial charge in [-0.25, -0.2) is 17.8 Å². The minimum Gasteiger partial charge on any atom is -0.273 e. The van der Waals surface area contributed by atoms with Crippen molar-refractivity contribution in [3.63, 3.8) is 0 Å². The molecule has 1 aromatic carbocycles. The lowest BCUT2D eigenvalue weighted by atomic mass is 10.3. The molecule has 0 saturated carbocycles.